The van der Waals surface area contributed by atoms with Crippen molar-refractivity contribution in [1.29, 1.82) is 0 Å². The number of halogens is 1. The molecule has 94 valence electrons. The molecule has 0 amide bonds. The molecule has 0 fully saturated rings. The zero-order valence-electron chi connectivity index (χ0n) is 10.1. The van der Waals surface area contributed by atoms with E-state index in [0.717, 1.165) is 10.9 Å². The predicted octanol–water partition coefficient (Wildman–Crippen LogP) is 1.73. The lowest BCUT2D eigenvalue weighted by molar-refractivity contribution is -0.0505. The Hall–Kier alpha value is -1.17. The molecule has 0 aliphatic carbocycles. The highest BCUT2D eigenvalue weighted by Crippen LogP contribution is 2.24. The molecule has 0 saturated carbocycles. The zero-order valence-corrected chi connectivity index (χ0v) is 10.8. The van der Waals surface area contributed by atoms with Gasteiger partial charge < -0.3 is 14.8 Å². The minimum Gasteiger partial charge on any atom is -0.367 e. The number of aliphatic hydroxyl groups is 2. The van der Waals surface area contributed by atoms with Crippen LogP contribution in [0.2, 0.25) is 5.15 Å². The van der Waals surface area contributed by atoms with Crippen molar-refractivity contribution in [1.82, 2.24) is 14.5 Å². The first-order chi connectivity index (χ1) is 8.09. The molecule has 6 heteroatoms. The molecule has 0 radical (unpaired) electrons. The van der Waals surface area contributed by atoms with Gasteiger partial charge in [-0.05, 0) is 12.5 Å². The van der Waals surface area contributed by atoms with E-state index in [2.05, 4.69) is 9.97 Å². The average molecular weight is 258 g/mol. The van der Waals surface area contributed by atoms with Crippen LogP contribution in [0.4, 0.5) is 0 Å². The zero-order chi connectivity index (χ0) is 13.0. The molecule has 2 rings (SSSR count). The predicted molar refractivity (Wildman–Crippen MR) is 66.8 cm³/mol. The Morgan fingerprint density at radius 3 is 2.59 bits per heavy atom. The Morgan fingerprint density at radius 2 is 2.00 bits per heavy atom. The Bertz CT molecular complexity index is 497. The van der Waals surface area contributed by atoms with Gasteiger partial charge in [-0.2, -0.15) is 0 Å². The second-order valence-corrected chi connectivity index (χ2v) is 3.67. The quantitative estimate of drug-likeness (QED) is 0.635. The van der Waals surface area contributed by atoms with Crippen LogP contribution in [-0.2, 0) is 6.54 Å². The number of hydrogen-bond acceptors (Lipinski definition) is 4. The summed E-state index contributed by atoms with van der Waals surface area (Å²) in [6, 6.07) is 0. The SMILES string of the molecule is CC.Cc1cn(CC(O)O)c2ncnc(Cl)c12. The Labute approximate surface area is 105 Å². The van der Waals surface area contributed by atoms with Crippen molar-refractivity contribution < 1.29 is 10.2 Å². The molecule has 0 bridgehead atoms. The molecule has 0 aliphatic rings. The molecular weight excluding hydrogens is 242 g/mol. The number of rotatable bonds is 2. The van der Waals surface area contributed by atoms with E-state index in [4.69, 9.17) is 21.8 Å². The van der Waals surface area contributed by atoms with Gasteiger partial charge in [0, 0.05) is 6.20 Å². The first kappa shape index (κ1) is 13.9. The molecule has 0 unspecified atom stereocenters. The third kappa shape index (κ3) is 2.94. The summed E-state index contributed by atoms with van der Waals surface area (Å²) in [7, 11) is 0. The molecule has 0 aliphatic heterocycles. The maximum atomic E-state index is 8.90. The van der Waals surface area contributed by atoms with Crippen molar-refractivity contribution in [3.63, 3.8) is 0 Å². The van der Waals surface area contributed by atoms with E-state index in [1.165, 1.54) is 6.33 Å². The van der Waals surface area contributed by atoms with Gasteiger partial charge in [-0.1, -0.05) is 25.4 Å². The fourth-order valence-corrected chi connectivity index (χ4v) is 1.86. The van der Waals surface area contributed by atoms with Gasteiger partial charge in [0.2, 0.25) is 0 Å². The normalized spacial score (nSPS) is 10.5. The molecule has 0 aromatic carbocycles. The second kappa shape index (κ2) is 5.95. The third-order valence-electron chi connectivity index (χ3n) is 2.16. The first-order valence-corrected chi connectivity index (χ1v) is 5.79. The molecule has 2 N–H and O–H groups in total. The van der Waals surface area contributed by atoms with E-state index < -0.39 is 6.29 Å². The summed E-state index contributed by atoms with van der Waals surface area (Å²) in [5.74, 6) is 0. The van der Waals surface area contributed by atoms with E-state index in [1.807, 2.05) is 20.8 Å². The maximum Gasteiger partial charge on any atom is 0.169 e. The highest BCUT2D eigenvalue weighted by Gasteiger charge is 2.12. The van der Waals surface area contributed by atoms with Crippen LogP contribution >= 0.6 is 11.6 Å². The topological polar surface area (TPSA) is 71.2 Å². The van der Waals surface area contributed by atoms with E-state index in [-0.39, 0.29) is 6.54 Å². The van der Waals surface area contributed by atoms with Crippen molar-refractivity contribution >= 4 is 22.6 Å². The van der Waals surface area contributed by atoms with Gasteiger partial charge in [0.05, 0.1) is 11.9 Å². The van der Waals surface area contributed by atoms with Crippen LogP contribution < -0.4 is 0 Å². The van der Waals surface area contributed by atoms with Crippen LogP contribution in [-0.4, -0.2) is 31.0 Å². The van der Waals surface area contributed by atoms with Crippen molar-refractivity contribution in [3.05, 3.63) is 23.2 Å². The molecule has 2 aromatic heterocycles. The molecular formula is C11H16ClN3O2. The fourth-order valence-electron chi connectivity index (χ4n) is 1.59. The minimum absolute atomic E-state index is 0.0671. The van der Waals surface area contributed by atoms with Crippen LogP contribution in [0, 0.1) is 6.92 Å². The lowest BCUT2D eigenvalue weighted by atomic mass is 10.3. The molecule has 0 saturated heterocycles. The molecule has 5 nitrogen and oxygen atoms in total. The Morgan fingerprint density at radius 1 is 1.35 bits per heavy atom. The van der Waals surface area contributed by atoms with Crippen LogP contribution in [0.15, 0.2) is 12.5 Å². The summed E-state index contributed by atoms with van der Waals surface area (Å²) >= 11 is 5.92. The highest BCUT2D eigenvalue weighted by atomic mass is 35.5. The molecule has 17 heavy (non-hydrogen) atoms. The number of nitrogens with zero attached hydrogens (tertiary/aromatic N) is 3. The summed E-state index contributed by atoms with van der Waals surface area (Å²) in [6.45, 7) is 5.94. The lowest BCUT2D eigenvalue weighted by Gasteiger charge is -2.05. The average Bonchev–Trinajstić information content (AvgIpc) is 2.59. The van der Waals surface area contributed by atoms with E-state index in [1.54, 1.807) is 10.8 Å². The molecule has 0 spiro atoms. The number of aliphatic hydroxyl groups excluding tert-OH is 1. The highest BCUT2D eigenvalue weighted by molar-refractivity contribution is 6.34. The number of fused-ring (bicyclic) bond motifs is 1. The summed E-state index contributed by atoms with van der Waals surface area (Å²) < 4.78 is 1.64. The van der Waals surface area contributed by atoms with E-state index in [9.17, 15) is 0 Å². The second-order valence-electron chi connectivity index (χ2n) is 3.31. The van der Waals surface area contributed by atoms with Crippen molar-refractivity contribution in [2.75, 3.05) is 0 Å². The van der Waals surface area contributed by atoms with Gasteiger partial charge in [-0.15, -0.1) is 0 Å². The van der Waals surface area contributed by atoms with E-state index >= 15 is 0 Å². The van der Waals surface area contributed by atoms with Crippen LogP contribution in [0.1, 0.15) is 19.4 Å². The van der Waals surface area contributed by atoms with Gasteiger partial charge in [-0.3, -0.25) is 0 Å². The largest absolute Gasteiger partial charge is 0.367 e. The van der Waals surface area contributed by atoms with Gasteiger partial charge in [0.25, 0.3) is 0 Å². The summed E-state index contributed by atoms with van der Waals surface area (Å²) in [4.78, 5) is 7.94. The molecule has 2 aromatic rings. The van der Waals surface area contributed by atoms with Crippen molar-refractivity contribution in [2.24, 2.45) is 0 Å². The number of aromatic nitrogens is 3. The van der Waals surface area contributed by atoms with Gasteiger partial charge >= 0.3 is 0 Å². The van der Waals surface area contributed by atoms with Gasteiger partial charge in [0.15, 0.2) is 6.29 Å². The maximum absolute atomic E-state index is 8.90. The smallest absolute Gasteiger partial charge is 0.169 e. The monoisotopic (exact) mass is 257 g/mol. The van der Waals surface area contributed by atoms with Crippen molar-refractivity contribution in [3.8, 4) is 0 Å². The fraction of sp³-hybridized carbons (Fsp3) is 0.455. The molecule has 0 atom stereocenters. The van der Waals surface area contributed by atoms with Crippen LogP contribution in [0.3, 0.4) is 0 Å². The summed E-state index contributed by atoms with van der Waals surface area (Å²) in [5.41, 5.74) is 1.52. The van der Waals surface area contributed by atoms with Gasteiger partial charge in [0.1, 0.15) is 17.1 Å². The number of aryl methyl sites for hydroxylation is 1. The standard InChI is InChI=1S/C9H10ClN3O2.C2H6/c1-5-2-13(3-6(14)15)9-7(5)8(10)11-4-12-9;1-2/h2,4,6,14-15H,3H2,1H3;1-2H3. The molecule has 2 heterocycles. The Kier molecular flexibility index (Phi) is 4.86. The summed E-state index contributed by atoms with van der Waals surface area (Å²) in [6.07, 6.45) is 1.71. The summed E-state index contributed by atoms with van der Waals surface area (Å²) in [5, 5.41) is 18.9. The van der Waals surface area contributed by atoms with E-state index in [0.29, 0.717) is 10.8 Å². The van der Waals surface area contributed by atoms with Crippen LogP contribution in [0.25, 0.3) is 11.0 Å². The lowest BCUT2D eigenvalue weighted by Crippen LogP contribution is -2.14. The third-order valence-corrected chi connectivity index (χ3v) is 2.44. The minimum atomic E-state index is -1.41. The van der Waals surface area contributed by atoms with Crippen molar-refractivity contribution in [2.45, 2.75) is 33.6 Å². The van der Waals surface area contributed by atoms with Crippen LogP contribution in [0.5, 0.6) is 0 Å². The Balaban J connectivity index is 0.000000686. The number of hydrogen-bond donors (Lipinski definition) is 2. The van der Waals surface area contributed by atoms with Gasteiger partial charge in [-0.25, -0.2) is 9.97 Å². The first-order valence-electron chi connectivity index (χ1n) is 5.41.